The molecule has 2 aromatic carbocycles. The predicted molar refractivity (Wildman–Crippen MR) is 81.2 cm³/mol. The van der Waals surface area contributed by atoms with Crippen LogP contribution in [0.15, 0.2) is 48.5 Å². The molecule has 2 aromatic rings. The second-order valence-electron chi connectivity index (χ2n) is 5.73. The standard InChI is InChI=1S/C17H15F6NO/c1-24(2)14-8-6-11(7-9-14)15(25,16(19,20)17(21,22)23)12-4-3-5-13(18)10-12/h3-10,25H,1-2H3. The Kier molecular flexibility index (Phi) is 4.78. The number of rotatable bonds is 4. The molecule has 0 aliphatic carbocycles. The first kappa shape index (κ1) is 19.1. The Balaban J connectivity index is 2.73. The summed E-state index contributed by atoms with van der Waals surface area (Å²) in [5.74, 6) is -6.59. The average molecular weight is 363 g/mol. The van der Waals surface area contributed by atoms with Crippen LogP contribution in [0.1, 0.15) is 11.1 Å². The van der Waals surface area contributed by atoms with Crippen molar-refractivity contribution >= 4 is 5.69 Å². The summed E-state index contributed by atoms with van der Waals surface area (Å²) in [5, 5.41) is 10.5. The van der Waals surface area contributed by atoms with Gasteiger partial charge in [-0.15, -0.1) is 0 Å². The highest BCUT2D eigenvalue weighted by Crippen LogP contribution is 2.51. The maximum Gasteiger partial charge on any atom is 0.457 e. The lowest BCUT2D eigenvalue weighted by atomic mass is 9.80. The monoisotopic (exact) mass is 363 g/mol. The van der Waals surface area contributed by atoms with Crippen LogP contribution in [-0.2, 0) is 5.60 Å². The summed E-state index contributed by atoms with van der Waals surface area (Å²) in [7, 11) is 3.30. The minimum atomic E-state index is -6.05. The van der Waals surface area contributed by atoms with Gasteiger partial charge < -0.3 is 10.0 Å². The molecule has 0 amide bonds. The molecule has 25 heavy (non-hydrogen) atoms. The van der Waals surface area contributed by atoms with E-state index in [2.05, 4.69) is 0 Å². The van der Waals surface area contributed by atoms with Gasteiger partial charge in [0.1, 0.15) is 5.82 Å². The molecule has 0 aromatic heterocycles. The maximum absolute atomic E-state index is 14.2. The molecule has 0 bridgehead atoms. The molecule has 0 saturated carbocycles. The zero-order valence-corrected chi connectivity index (χ0v) is 13.3. The van der Waals surface area contributed by atoms with Gasteiger partial charge in [-0.1, -0.05) is 24.3 Å². The van der Waals surface area contributed by atoms with E-state index in [0.29, 0.717) is 11.8 Å². The number of anilines is 1. The zero-order valence-electron chi connectivity index (χ0n) is 13.3. The van der Waals surface area contributed by atoms with Crippen LogP contribution >= 0.6 is 0 Å². The summed E-state index contributed by atoms with van der Waals surface area (Å²) in [4.78, 5) is 1.60. The number of alkyl halides is 5. The fourth-order valence-electron chi connectivity index (χ4n) is 2.45. The Morgan fingerprint density at radius 3 is 1.84 bits per heavy atom. The molecule has 0 spiro atoms. The van der Waals surface area contributed by atoms with E-state index >= 15 is 0 Å². The van der Waals surface area contributed by atoms with Gasteiger partial charge >= 0.3 is 12.1 Å². The van der Waals surface area contributed by atoms with Gasteiger partial charge in [-0.2, -0.15) is 22.0 Å². The molecular weight excluding hydrogens is 348 g/mol. The summed E-state index contributed by atoms with van der Waals surface area (Å²) < 4.78 is 80.9. The first-order chi connectivity index (χ1) is 11.4. The van der Waals surface area contributed by atoms with Crippen LogP contribution in [0.3, 0.4) is 0 Å². The molecule has 0 aliphatic rings. The fourth-order valence-corrected chi connectivity index (χ4v) is 2.45. The van der Waals surface area contributed by atoms with Crippen molar-refractivity contribution in [2.24, 2.45) is 0 Å². The molecule has 0 radical (unpaired) electrons. The van der Waals surface area contributed by atoms with Gasteiger partial charge in [0.05, 0.1) is 0 Å². The molecule has 2 nitrogen and oxygen atoms in total. The van der Waals surface area contributed by atoms with Crippen LogP contribution in [0.4, 0.5) is 32.0 Å². The highest BCUT2D eigenvalue weighted by molar-refractivity contribution is 5.49. The molecular formula is C17H15F6NO. The summed E-state index contributed by atoms with van der Waals surface area (Å²) in [6.45, 7) is 0. The number of halogens is 6. The first-order valence-corrected chi connectivity index (χ1v) is 7.12. The van der Waals surface area contributed by atoms with Crippen LogP contribution in [0.5, 0.6) is 0 Å². The second-order valence-corrected chi connectivity index (χ2v) is 5.73. The van der Waals surface area contributed by atoms with E-state index in [1.807, 2.05) is 0 Å². The highest BCUT2D eigenvalue weighted by Gasteiger charge is 2.71. The minimum Gasteiger partial charge on any atom is -0.378 e. The SMILES string of the molecule is CN(C)c1ccc(C(O)(c2cccc(F)c2)C(F)(F)C(F)(F)F)cc1. The van der Waals surface area contributed by atoms with E-state index < -0.39 is 34.6 Å². The lowest BCUT2D eigenvalue weighted by Gasteiger charge is -2.37. The fraction of sp³-hybridized carbons (Fsp3) is 0.294. The Morgan fingerprint density at radius 2 is 1.40 bits per heavy atom. The van der Waals surface area contributed by atoms with Crippen LogP contribution in [0.2, 0.25) is 0 Å². The number of nitrogens with zero attached hydrogens (tertiary/aromatic N) is 1. The van der Waals surface area contributed by atoms with E-state index in [1.165, 1.54) is 12.1 Å². The third-order valence-electron chi connectivity index (χ3n) is 3.85. The predicted octanol–water partition coefficient (Wildman–Crippen LogP) is 4.33. The van der Waals surface area contributed by atoms with Crippen molar-refractivity contribution in [2.45, 2.75) is 17.7 Å². The number of hydrogen-bond acceptors (Lipinski definition) is 2. The number of hydrogen-bond donors (Lipinski definition) is 1. The van der Waals surface area contributed by atoms with Crippen LogP contribution in [0.25, 0.3) is 0 Å². The van der Waals surface area contributed by atoms with Crippen molar-refractivity contribution in [3.63, 3.8) is 0 Å². The van der Waals surface area contributed by atoms with Gasteiger partial charge in [0.15, 0.2) is 5.60 Å². The van der Waals surface area contributed by atoms with E-state index in [1.54, 1.807) is 19.0 Å². The van der Waals surface area contributed by atoms with Crippen LogP contribution < -0.4 is 4.90 Å². The summed E-state index contributed by atoms with van der Waals surface area (Å²) in [5.41, 5.74) is -4.85. The third-order valence-corrected chi connectivity index (χ3v) is 3.85. The van der Waals surface area contributed by atoms with Gasteiger partial charge in [-0.25, -0.2) is 4.39 Å². The molecule has 1 N–H and O–H groups in total. The van der Waals surface area contributed by atoms with Gasteiger partial charge in [0.2, 0.25) is 0 Å². The lowest BCUT2D eigenvalue weighted by molar-refractivity contribution is -0.336. The van der Waals surface area contributed by atoms with Crippen molar-refractivity contribution in [3.8, 4) is 0 Å². The maximum atomic E-state index is 14.2. The van der Waals surface area contributed by atoms with Crippen molar-refractivity contribution in [2.75, 3.05) is 19.0 Å². The topological polar surface area (TPSA) is 23.5 Å². The number of benzene rings is 2. The van der Waals surface area contributed by atoms with E-state index in [9.17, 15) is 31.4 Å². The molecule has 1 unspecified atom stereocenters. The average Bonchev–Trinajstić information content (AvgIpc) is 2.53. The van der Waals surface area contributed by atoms with Crippen molar-refractivity contribution in [1.29, 1.82) is 0 Å². The molecule has 1 atom stereocenters. The summed E-state index contributed by atoms with van der Waals surface area (Å²) >= 11 is 0. The highest BCUT2D eigenvalue weighted by atomic mass is 19.4. The summed E-state index contributed by atoms with van der Waals surface area (Å²) in [6, 6.07) is 7.60. The molecule has 0 heterocycles. The van der Waals surface area contributed by atoms with Gasteiger partial charge in [-0.3, -0.25) is 0 Å². The van der Waals surface area contributed by atoms with Crippen LogP contribution in [0, 0.1) is 5.82 Å². The Hall–Kier alpha value is -2.22. The smallest absolute Gasteiger partial charge is 0.378 e. The normalized spacial score (nSPS) is 14.9. The van der Waals surface area contributed by atoms with Gasteiger partial charge in [0.25, 0.3) is 0 Å². The van der Waals surface area contributed by atoms with Gasteiger partial charge in [-0.05, 0) is 35.4 Å². The number of aliphatic hydroxyl groups is 1. The lowest BCUT2D eigenvalue weighted by Crippen LogP contribution is -2.55. The van der Waals surface area contributed by atoms with Gasteiger partial charge in [0, 0.05) is 19.8 Å². The molecule has 0 aliphatic heterocycles. The third kappa shape index (κ3) is 3.18. The summed E-state index contributed by atoms with van der Waals surface area (Å²) in [6.07, 6.45) is -6.05. The van der Waals surface area contributed by atoms with Crippen molar-refractivity contribution < 1.29 is 31.4 Å². The van der Waals surface area contributed by atoms with Crippen LogP contribution in [-0.4, -0.2) is 31.3 Å². The Labute approximate surface area is 140 Å². The van der Waals surface area contributed by atoms with E-state index in [0.717, 1.165) is 30.3 Å². The van der Waals surface area contributed by atoms with Crippen molar-refractivity contribution in [1.82, 2.24) is 0 Å². The molecule has 0 fully saturated rings. The van der Waals surface area contributed by atoms with E-state index in [4.69, 9.17) is 0 Å². The minimum absolute atomic E-state index is 0.458. The Morgan fingerprint density at radius 1 is 0.840 bits per heavy atom. The molecule has 2 rings (SSSR count). The van der Waals surface area contributed by atoms with E-state index in [-0.39, 0.29) is 0 Å². The Bertz CT molecular complexity index is 742. The molecule has 0 saturated heterocycles. The molecule has 8 heteroatoms. The zero-order chi connectivity index (χ0) is 19.0. The largest absolute Gasteiger partial charge is 0.457 e. The first-order valence-electron chi connectivity index (χ1n) is 7.12. The quantitative estimate of drug-likeness (QED) is 0.818. The van der Waals surface area contributed by atoms with Crippen molar-refractivity contribution in [3.05, 3.63) is 65.5 Å². The molecule has 136 valence electrons. The second kappa shape index (κ2) is 6.25.